The average Bonchev–Trinajstić information content (AvgIpc) is 2.99. The molecule has 0 saturated carbocycles. The number of ether oxygens (including phenoxy) is 1. The Morgan fingerprint density at radius 1 is 1.16 bits per heavy atom. The van der Waals surface area contributed by atoms with Gasteiger partial charge in [-0.1, -0.05) is 28.1 Å². The summed E-state index contributed by atoms with van der Waals surface area (Å²) in [4.78, 5) is 15.1. The van der Waals surface area contributed by atoms with Crippen LogP contribution in [0.2, 0.25) is 0 Å². The molecule has 6 heteroatoms. The molecule has 0 aromatic heterocycles. The molecule has 4 rings (SSSR count). The van der Waals surface area contributed by atoms with E-state index in [1.54, 1.807) is 12.1 Å². The first kappa shape index (κ1) is 22.0. The normalized spacial score (nSPS) is 17.3. The fraction of sp³-hybridized carbons (Fsp3) is 0.400. The number of fused-ring (bicyclic) bond motifs is 1. The largest absolute Gasteiger partial charge is 0.493 e. The Kier molecular flexibility index (Phi) is 7.41. The van der Waals surface area contributed by atoms with Gasteiger partial charge in [-0.15, -0.1) is 0 Å². The smallest absolute Gasteiger partial charge is 0.247 e. The van der Waals surface area contributed by atoms with E-state index in [9.17, 15) is 9.18 Å². The Morgan fingerprint density at radius 3 is 2.71 bits per heavy atom. The highest BCUT2D eigenvalue weighted by Gasteiger charge is 2.20. The van der Waals surface area contributed by atoms with E-state index in [1.807, 2.05) is 36.4 Å². The van der Waals surface area contributed by atoms with Gasteiger partial charge in [-0.3, -0.25) is 4.79 Å². The quantitative estimate of drug-likeness (QED) is 0.574. The molecule has 0 aliphatic carbocycles. The zero-order valence-electron chi connectivity index (χ0n) is 17.6. The van der Waals surface area contributed by atoms with Crippen LogP contribution in [0.5, 0.6) is 5.75 Å². The van der Waals surface area contributed by atoms with Gasteiger partial charge in [0.25, 0.3) is 0 Å². The van der Waals surface area contributed by atoms with Gasteiger partial charge in [0.1, 0.15) is 11.6 Å². The first-order chi connectivity index (χ1) is 15.1. The summed E-state index contributed by atoms with van der Waals surface area (Å²) in [6.45, 7) is 4.25. The van der Waals surface area contributed by atoms with E-state index < -0.39 is 0 Å². The minimum Gasteiger partial charge on any atom is -0.493 e. The van der Waals surface area contributed by atoms with Crippen LogP contribution in [0.3, 0.4) is 0 Å². The van der Waals surface area contributed by atoms with Crippen molar-refractivity contribution in [3.63, 3.8) is 0 Å². The van der Waals surface area contributed by atoms with Crippen LogP contribution < -0.4 is 10.1 Å². The van der Waals surface area contributed by atoms with Crippen molar-refractivity contribution in [2.24, 2.45) is 0 Å². The number of amides is 1. The number of likely N-dealkylation sites (tertiary alicyclic amines) is 1. The number of carbonyl (C=O) groups excluding carboxylic acids is 1. The molecule has 4 nitrogen and oxygen atoms in total. The number of piperidine rings is 1. The number of hydrogen-bond donors (Lipinski definition) is 1. The molecule has 1 N–H and O–H groups in total. The Bertz CT molecular complexity index is 937. The SMILES string of the molecule is O=C(NCCCN1CCC(c2ccc(F)cc2)CC1)C1=Cc2cc(Br)ccc2OCC1. The first-order valence-corrected chi connectivity index (χ1v) is 11.8. The lowest BCUT2D eigenvalue weighted by Gasteiger charge is -2.32. The summed E-state index contributed by atoms with van der Waals surface area (Å²) in [6, 6.07) is 12.8. The highest BCUT2D eigenvalue weighted by molar-refractivity contribution is 9.10. The summed E-state index contributed by atoms with van der Waals surface area (Å²) in [5, 5.41) is 3.07. The van der Waals surface area contributed by atoms with Gasteiger partial charge in [0.05, 0.1) is 6.61 Å². The minimum atomic E-state index is -0.174. The van der Waals surface area contributed by atoms with Crippen molar-refractivity contribution in [2.75, 3.05) is 32.8 Å². The summed E-state index contributed by atoms with van der Waals surface area (Å²) in [5.74, 6) is 1.15. The Hall–Kier alpha value is -2.18. The van der Waals surface area contributed by atoms with Crippen molar-refractivity contribution >= 4 is 27.9 Å². The number of nitrogens with one attached hydrogen (secondary N) is 1. The van der Waals surface area contributed by atoms with Crippen LogP contribution in [-0.4, -0.2) is 43.6 Å². The molecular formula is C25H28BrFN2O2. The van der Waals surface area contributed by atoms with E-state index in [4.69, 9.17) is 4.74 Å². The van der Waals surface area contributed by atoms with Gasteiger partial charge in [0.2, 0.25) is 5.91 Å². The number of halogens is 2. The van der Waals surface area contributed by atoms with Crippen molar-refractivity contribution in [3.8, 4) is 5.75 Å². The second-order valence-electron chi connectivity index (χ2n) is 8.23. The van der Waals surface area contributed by atoms with Gasteiger partial charge in [-0.2, -0.15) is 0 Å². The lowest BCUT2D eigenvalue weighted by molar-refractivity contribution is -0.117. The van der Waals surface area contributed by atoms with Crippen LogP contribution in [0, 0.1) is 5.82 Å². The van der Waals surface area contributed by atoms with Crippen molar-refractivity contribution in [1.29, 1.82) is 0 Å². The van der Waals surface area contributed by atoms with E-state index >= 15 is 0 Å². The maximum atomic E-state index is 13.1. The molecule has 0 unspecified atom stereocenters. The predicted octanol–water partition coefficient (Wildman–Crippen LogP) is 5.14. The van der Waals surface area contributed by atoms with Crippen LogP contribution in [0.15, 0.2) is 52.5 Å². The maximum Gasteiger partial charge on any atom is 0.247 e. The predicted molar refractivity (Wildman–Crippen MR) is 125 cm³/mol. The monoisotopic (exact) mass is 486 g/mol. The van der Waals surface area contributed by atoms with Crippen molar-refractivity contribution in [3.05, 3.63) is 69.5 Å². The topological polar surface area (TPSA) is 41.6 Å². The number of benzene rings is 2. The molecule has 0 atom stereocenters. The number of nitrogens with zero attached hydrogens (tertiary/aromatic N) is 1. The molecule has 2 aromatic rings. The third-order valence-corrected chi connectivity index (χ3v) is 6.58. The Labute approximate surface area is 191 Å². The average molecular weight is 487 g/mol. The summed E-state index contributed by atoms with van der Waals surface area (Å²) >= 11 is 3.48. The molecule has 1 fully saturated rings. The summed E-state index contributed by atoms with van der Waals surface area (Å²) in [6.07, 6.45) is 5.66. The van der Waals surface area contributed by atoms with Gasteiger partial charge in [-0.05, 0) is 86.8 Å². The zero-order chi connectivity index (χ0) is 21.6. The summed E-state index contributed by atoms with van der Waals surface area (Å²) in [5.41, 5.74) is 2.93. The molecule has 1 saturated heterocycles. The third-order valence-electron chi connectivity index (χ3n) is 6.09. The molecule has 31 heavy (non-hydrogen) atoms. The fourth-order valence-corrected chi connectivity index (χ4v) is 4.70. The van der Waals surface area contributed by atoms with Crippen molar-refractivity contribution in [1.82, 2.24) is 10.2 Å². The number of hydrogen-bond acceptors (Lipinski definition) is 3. The molecule has 2 aliphatic rings. The molecule has 0 bridgehead atoms. The van der Waals surface area contributed by atoms with Crippen LogP contribution in [0.25, 0.3) is 6.08 Å². The molecule has 164 valence electrons. The Morgan fingerprint density at radius 2 is 1.94 bits per heavy atom. The van der Waals surface area contributed by atoms with Gasteiger partial charge < -0.3 is 15.0 Å². The minimum absolute atomic E-state index is 0.00792. The molecule has 2 aromatic carbocycles. The fourth-order valence-electron chi connectivity index (χ4n) is 4.32. The maximum absolute atomic E-state index is 13.1. The highest BCUT2D eigenvalue weighted by Crippen LogP contribution is 2.29. The van der Waals surface area contributed by atoms with E-state index in [-0.39, 0.29) is 11.7 Å². The summed E-state index contributed by atoms with van der Waals surface area (Å²) < 4.78 is 19.8. The highest BCUT2D eigenvalue weighted by atomic mass is 79.9. The molecular weight excluding hydrogens is 459 g/mol. The molecule has 0 spiro atoms. The molecule has 2 heterocycles. The van der Waals surface area contributed by atoms with Crippen LogP contribution in [0.1, 0.15) is 42.7 Å². The second-order valence-corrected chi connectivity index (χ2v) is 9.14. The standard InChI is InChI=1S/C25H28BrFN2O2/c26-22-4-7-24-21(17-22)16-20(10-15-31-24)25(30)28-11-1-12-29-13-8-19(9-14-29)18-2-5-23(27)6-3-18/h2-7,16-17,19H,1,8-15H2,(H,28,30). The van der Waals surface area contributed by atoms with Crippen molar-refractivity contribution < 1.29 is 13.9 Å². The van der Waals surface area contributed by atoms with Gasteiger partial charge in [-0.25, -0.2) is 4.39 Å². The zero-order valence-corrected chi connectivity index (χ0v) is 19.2. The van der Waals surface area contributed by atoms with E-state index in [0.717, 1.165) is 60.3 Å². The van der Waals surface area contributed by atoms with Gasteiger partial charge >= 0.3 is 0 Å². The number of carbonyl (C=O) groups is 1. The van der Waals surface area contributed by atoms with E-state index in [1.165, 1.54) is 5.56 Å². The van der Waals surface area contributed by atoms with Crippen LogP contribution >= 0.6 is 15.9 Å². The van der Waals surface area contributed by atoms with Gasteiger partial charge in [0.15, 0.2) is 0 Å². The third kappa shape index (κ3) is 5.95. The Balaban J connectivity index is 1.20. The van der Waals surface area contributed by atoms with Crippen LogP contribution in [0.4, 0.5) is 4.39 Å². The summed E-state index contributed by atoms with van der Waals surface area (Å²) in [7, 11) is 0. The first-order valence-electron chi connectivity index (χ1n) is 11.0. The van der Waals surface area contributed by atoms with E-state index in [2.05, 4.69) is 26.1 Å². The van der Waals surface area contributed by atoms with Gasteiger partial charge in [0, 0.05) is 28.6 Å². The second kappa shape index (κ2) is 10.4. The molecule has 1 amide bonds. The van der Waals surface area contributed by atoms with E-state index in [0.29, 0.717) is 25.5 Å². The molecule has 0 radical (unpaired) electrons. The lowest BCUT2D eigenvalue weighted by Crippen LogP contribution is -2.35. The van der Waals surface area contributed by atoms with Crippen molar-refractivity contribution in [2.45, 2.75) is 31.6 Å². The lowest BCUT2D eigenvalue weighted by atomic mass is 9.89. The number of rotatable bonds is 6. The van der Waals surface area contributed by atoms with Crippen LogP contribution in [-0.2, 0) is 4.79 Å². The molecule has 2 aliphatic heterocycles.